The normalized spacial score (nSPS) is 17.8. The number of aliphatic hydroxyl groups is 1. The quantitative estimate of drug-likeness (QED) is 0.789. The van der Waals surface area contributed by atoms with Crippen LogP contribution in [-0.2, 0) is 4.74 Å². The van der Waals surface area contributed by atoms with Gasteiger partial charge in [0.2, 0.25) is 0 Å². The van der Waals surface area contributed by atoms with E-state index in [1.165, 1.54) is 24.8 Å². The van der Waals surface area contributed by atoms with Crippen LogP contribution in [0.1, 0.15) is 76.0 Å². The predicted molar refractivity (Wildman–Crippen MR) is 82.9 cm³/mol. The molecule has 0 amide bonds. The number of hydrogen-bond acceptors (Lipinski definition) is 2. The highest BCUT2D eigenvalue weighted by Crippen LogP contribution is 2.43. The smallest absolute Gasteiger partial charge is 0.108 e. The zero-order valence-corrected chi connectivity index (χ0v) is 13.1. The molecule has 0 aromatic heterocycles. The average Bonchev–Trinajstić information content (AvgIpc) is 2.43. The van der Waals surface area contributed by atoms with E-state index in [2.05, 4.69) is 32.0 Å². The number of benzene rings is 1. The van der Waals surface area contributed by atoms with Crippen LogP contribution < -0.4 is 0 Å². The van der Waals surface area contributed by atoms with Crippen LogP contribution in [0.5, 0.6) is 0 Å². The minimum absolute atomic E-state index is 0.450. The van der Waals surface area contributed by atoms with E-state index in [0.29, 0.717) is 12.5 Å². The molecule has 0 heterocycles. The first-order valence-corrected chi connectivity index (χ1v) is 8.09. The van der Waals surface area contributed by atoms with Crippen molar-refractivity contribution in [1.29, 1.82) is 0 Å². The van der Waals surface area contributed by atoms with Gasteiger partial charge in [-0.25, -0.2) is 0 Å². The Morgan fingerprint density at radius 1 is 1.20 bits per heavy atom. The van der Waals surface area contributed by atoms with E-state index in [-0.39, 0.29) is 0 Å². The number of aliphatic hydroxyl groups excluding tert-OH is 1. The Hall–Kier alpha value is -0.860. The maximum Gasteiger partial charge on any atom is 0.108 e. The molecular weight excluding hydrogens is 248 g/mol. The molecular formula is C18H28O2. The Balaban J connectivity index is 2.33. The molecule has 2 rings (SSSR count). The Kier molecular flexibility index (Phi) is 5.22. The molecule has 1 atom stereocenters. The van der Waals surface area contributed by atoms with E-state index in [0.717, 1.165) is 18.4 Å². The Morgan fingerprint density at radius 2 is 1.85 bits per heavy atom. The van der Waals surface area contributed by atoms with Crippen molar-refractivity contribution in [2.24, 2.45) is 0 Å². The third-order valence-electron chi connectivity index (χ3n) is 4.96. The molecule has 20 heavy (non-hydrogen) atoms. The van der Waals surface area contributed by atoms with Crippen LogP contribution in [-0.4, -0.2) is 17.3 Å². The van der Waals surface area contributed by atoms with Crippen LogP contribution in [0.25, 0.3) is 0 Å². The van der Waals surface area contributed by atoms with Gasteiger partial charge in [0.25, 0.3) is 0 Å². The van der Waals surface area contributed by atoms with Crippen molar-refractivity contribution in [3.63, 3.8) is 0 Å². The molecule has 2 nitrogen and oxygen atoms in total. The van der Waals surface area contributed by atoms with E-state index in [4.69, 9.17) is 4.74 Å². The third kappa shape index (κ3) is 2.77. The Morgan fingerprint density at radius 3 is 2.35 bits per heavy atom. The standard InChI is InChI=1S/C18H28O2/c1-4-18(5-2,20-6-3)17(19)16-13-8-7-12-15(16)14-10-9-11-14/h7-8,12-14,17,19H,4-6,9-11H2,1-3H3. The summed E-state index contributed by atoms with van der Waals surface area (Å²) in [4.78, 5) is 0. The molecule has 1 aliphatic carbocycles. The molecule has 2 heteroatoms. The first-order valence-electron chi connectivity index (χ1n) is 8.09. The second-order valence-electron chi connectivity index (χ2n) is 5.86. The molecule has 0 radical (unpaired) electrons. The summed E-state index contributed by atoms with van der Waals surface area (Å²) in [5.74, 6) is 0.633. The molecule has 0 aliphatic heterocycles. The molecule has 1 aliphatic rings. The lowest BCUT2D eigenvalue weighted by molar-refractivity contribution is -0.127. The largest absolute Gasteiger partial charge is 0.385 e. The monoisotopic (exact) mass is 276 g/mol. The SMILES string of the molecule is CCOC(CC)(CC)C(O)c1ccccc1C1CCC1. The van der Waals surface area contributed by atoms with Gasteiger partial charge in [0, 0.05) is 6.61 Å². The van der Waals surface area contributed by atoms with Crippen molar-refractivity contribution in [3.8, 4) is 0 Å². The molecule has 0 saturated heterocycles. The van der Waals surface area contributed by atoms with Gasteiger partial charge in [0.15, 0.2) is 0 Å². The number of rotatable bonds is 7. The summed E-state index contributed by atoms with van der Waals surface area (Å²) < 4.78 is 5.98. The van der Waals surface area contributed by atoms with Gasteiger partial charge in [-0.2, -0.15) is 0 Å². The van der Waals surface area contributed by atoms with Crippen LogP contribution in [0.4, 0.5) is 0 Å². The molecule has 0 spiro atoms. The highest BCUT2D eigenvalue weighted by molar-refractivity contribution is 5.35. The Labute approximate surface area is 123 Å². The van der Waals surface area contributed by atoms with E-state index in [9.17, 15) is 5.11 Å². The van der Waals surface area contributed by atoms with Crippen LogP contribution >= 0.6 is 0 Å². The topological polar surface area (TPSA) is 29.5 Å². The first-order chi connectivity index (χ1) is 9.68. The summed E-state index contributed by atoms with van der Waals surface area (Å²) in [5, 5.41) is 11.0. The summed E-state index contributed by atoms with van der Waals surface area (Å²) in [6.45, 7) is 6.86. The zero-order chi connectivity index (χ0) is 14.6. The molecule has 1 fully saturated rings. The summed E-state index contributed by atoms with van der Waals surface area (Å²) >= 11 is 0. The van der Waals surface area contributed by atoms with Crippen LogP contribution in [0, 0.1) is 0 Å². The van der Waals surface area contributed by atoms with Gasteiger partial charge in [0.05, 0.1) is 5.60 Å². The average molecular weight is 276 g/mol. The fourth-order valence-electron chi connectivity index (χ4n) is 3.34. The van der Waals surface area contributed by atoms with Gasteiger partial charge in [-0.1, -0.05) is 44.5 Å². The molecule has 1 unspecified atom stereocenters. The second kappa shape index (κ2) is 6.73. The summed E-state index contributed by atoms with van der Waals surface area (Å²) in [6, 6.07) is 8.38. The highest BCUT2D eigenvalue weighted by atomic mass is 16.5. The van der Waals surface area contributed by atoms with Gasteiger partial charge in [0.1, 0.15) is 6.10 Å². The zero-order valence-electron chi connectivity index (χ0n) is 13.1. The van der Waals surface area contributed by atoms with Crippen molar-refractivity contribution in [1.82, 2.24) is 0 Å². The first kappa shape index (κ1) is 15.5. The van der Waals surface area contributed by atoms with Crippen LogP contribution in [0.2, 0.25) is 0 Å². The van der Waals surface area contributed by atoms with Crippen LogP contribution in [0.3, 0.4) is 0 Å². The lowest BCUT2D eigenvalue weighted by Crippen LogP contribution is -2.39. The molecule has 1 aromatic rings. The van der Waals surface area contributed by atoms with Crippen molar-refractivity contribution in [3.05, 3.63) is 35.4 Å². The van der Waals surface area contributed by atoms with Gasteiger partial charge in [-0.05, 0) is 49.7 Å². The summed E-state index contributed by atoms with van der Waals surface area (Å²) in [5.41, 5.74) is 1.96. The van der Waals surface area contributed by atoms with Gasteiger partial charge < -0.3 is 9.84 Å². The fourth-order valence-corrected chi connectivity index (χ4v) is 3.34. The van der Waals surface area contributed by atoms with Crippen molar-refractivity contribution in [2.45, 2.75) is 70.5 Å². The van der Waals surface area contributed by atoms with Gasteiger partial charge in [-0.3, -0.25) is 0 Å². The molecule has 1 saturated carbocycles. The third-order valence-corrected chi connectivity index (χ3v) is 4.96. The minimum Gasteiger partial charge on any atom is -0.385 e. The lowest BCUT2D eigenvalue weighted by Gasteiger charge is -2.39. The molecule has 0 bridgehead atoms. The van der Waals surface area contributed by atoms with Gasteiger partial charge in [-0.15, -0.1) is 0 Å². The van der Waals surface area contributed by atoms with Gasteiger partial charge >= 0.3 is 0 Å². The summed E-state index contributed by atoms with van der Waals surface area (Å²) in [7, 11) is 0. The van der Waals surface area contributed by atoms with Crippen molar-refractivity contribution < 1.29 is 9.84 Å². The van der Waals surface area contributed by atoms with Crippen molar-refractivity contribution >= 4 is 0 Å². The molecule has 1 N–H and O–H groups in total. The predicted octanol–water partition coefficient (Wildman–Crippen LogP) is 4.58. The lowest BCUT2D eigenvalue weighted by atomic mass is 9.75. The fraction of sp³-hybridized carbons (Fsp3) is 0.667. The van der Waals surface area contributed by atoms with E-state index in [1.807, 2.05) is 13.0 Å². The maximum absolute atomic E-state index is 11.0. The molecule has 112 valence electrons. The van der Waals surface area contributed by atoms with E-state index >= 15 is 0 Å². The van der Waals surface area contributed by atoms with E-state index in [1.54, 1.807) is 0 Å². The maximum atomic E-state index is 11.0. The van der Waals surface area contributed by atoms with E-state index < -0.39 is 11.7 Å². The number of hydrogen-bond donors (Lipinski definition) is 1. The second-order valence-corrected chi connectivity index (χ2v) is 5.86. The van der Waals surface area contributed by atoms with Crippen molar-refractivity contribution in [2.75, 3.05) is 6.61 Å². The minimum atomic E-state index is -0.533. The number of ether oxygens (including phenoxy) is 1. The highest BCUT2D eigenvalue weighted by Gasteiger charge is 2.38. The van der Waals surface area contributed by atoms with Crippen LogP contribution in [0.15, 0.2) is 24.3 Å². The summed E-state index contributed by atoms with van der Waals surface area (Å²) in [6.07, 6.45) is 4.95. The molecule has 1 aromatic carbocycles. The Bertz CT molecular complexity index is 419.